The molecule has 0 saturated carbocycles. The van der Waals surface area contributed by atoms with E-state index in [9.17, 15) is 9.59 Å². The molecule has 0 bridgehead atoms. The summed E-state index contributed by atoms with van der Waals surface area (Å²) in [6, 6.07) is 7.60. The van der Waals surface area contributed by atoms with E-state index in [1.54, 1.807) is 7.11 Å². The van der Waals surface area contributed by atoms with Crippen molar-refractivity contribution in [2.45, 2.75) is 32.2 Å². The summed E-state index contributed by atoms with van der Waals surface area (Å²) in [6.07, 6.45) is 2.02. The van der Waals surface area contributed by atoms with E-state index in [2.05, 4.69) is 5.32 Å². The number of amides is 1. The highest BCUT2D eigenvalue weighted by Crippen LogP contribution is 2.34. The summed E-state index contributed by atoms with van der Waals surface area (Å²) in [5, 5.41) is 3.36. The van der Waals surface area contributed by atoms with Crippen LogP contribution in [0, 0.1) is 6.92 Å². The number of aryl methyl sites for hydroxylation is 1. The lowest BCUT2D eigenvalue weighted by Gasteiger charge is -2.36. The first kappa shape index (κ1) is 17.8. The molecule has 2 aliphatic rings. The lowest BCUT2D eigenvalue weighted by atomic mass is 9.93. The van der Waals surface area contributed by atoms with Gasteiger partial charge in [-0.05, 0) is 19.4 Å². The number of nitrogens with zero attached hydrogens (tertiary/aromatic N) is 1. The summed E-state index contributed by atoms with van der Waals surface area (Å²) >= 11 is 0. The van der Waals surface area contributed by atoms with E-state index in [1.165, 1.54) is 0 Å². The summed E-state index contributed by atoms with van der Waals surface area (Å²) in [6.45, 7) is 3.75. The molecule has 4 rings (SSSR count). The van der Waals surface area contributed by atoms with Crippen LogP contribution in [-0.4, -0.2) is 43.3 Å². The average molecular weight is 368 g/mol. The maximum atomic E-state index is 13.4. The number of nitrogens with one attached hydrogen (secondary N) is 1. The number of rotatable bonds is 3. The van der Waals surface area contributed by atoms with Crippen molar-refractivity contribution in [1.29, 1.82) is 0 Å². The number of fused-ring (bicyclic) bond motifs is 1. The summed E-state index contributed by atoms with van der Waals surface area (Å²) in [4.78, 5) is 27.5. The van der Waals surface area contributed by atoms with Gasteiger partial charge < -0.3 is 19.4 Å². The van der Waals surface area contributed by atoms with Gasteiger partial charge in [0.2, 0.25) is 0 Å². The van der Waals surface area contributed by atoms with Crippen LogP contribution in [-0.2, 0) is 6.42 Å². The van der Waals surface area contributed by atoms with Crippen LogP contribution in [0.4, 0.5) is 0 Å². The van der Waals surface area contributed by atoms with Gasteiger partial charge in [-0.15, -0.1) is 0 Å². The van der Waals surface area contributed by atoms with E-state index < -0.39 is 0 Å². The number of ether oxygens (including phenoxy) is 1. The molecule has 1 saturated heterocycles. The average Bonchev–Trinajstić information content (AvgIpc) is 3.05. The Morgan fingerprint density at radius 2 is 2.11 bits per heavy atom. The number of carbonyl (C=O) groups excluding carboxylic acids is 2. The topological polar surface area (TPSA) is 71.8 Å². The summed E-state index contributed by atoms with van der Waals surface area (Å²) in [7, 11) is 1.64. The highest BCUT2D eigenvalue weighted by Gasteiger charge is 2.35. The second-order valence-corrected chi connectivity index (χ2v) is 7.09. The Bertz CT molecular complexity index is 886. The van der Waals surface area contributed by atoms with Crippen molar-refractivity contribution >= 4 is 11.7 Å². The first-order valence-electron chi connectivity index (χ1n) is 9.42. The molecule has 1 unspecified atom stereocenters. The fraction of sp³-hybridized carbons (Fsp3) is 0.429. The van der Waals surface area contributed by atoms with Gasteiger partial charge in [0.1, 0.15) is 11.5 Å². The number of carbonyl (C=O) groups is 2. The molecule has 0 radical (unpaired) electrons. The standard InChI is InChI=1S/C21H24N2O4/c1-13-19-16(24)7-5-9-18(19)27-20(13)21(25)23-11-10-22-12-15(23)14-6-3-4-8-17(14)26-2/h3-4,6,8,15,22H,5,7,9-12H2,1-2H3. The highest BCUT2D eigenvalue weighted by molar-refractivity contribution is 6.03. The maximum absolute atomic E-state index is 13.4. The van der Waals surface area contributed by atoms with Gasteiger partial charge >= 0.3 is 0 Å². The Morgan fingerprint density at radius 3 is 2.89 bits per heavy atom. The predicted octanol–water partition coefficient (Wildman–Crippen LogP) is 2.90. The molecule has 1 aromatic carbocycles. The number of hydrogen-bond acceptors (Lipinski definition) is 5. The number of furan rings is 1. The molecule has 2 aromatic rings. The number of benzene rings is 1. The van der Waals surface area contributed by atoms with E-state index in [0.29, 0.717) is 48.6 Å². The normalized spacial score (nSPS) is 19.7. The van der Waals surface area contributed by atoms with E-state index in [0.717, 1.165) is 24.3 Å². The van der Waals surface area contributed by atoms with Crippen LogP contribution in [0.25, 0.3) is 0 Å². The molecule has 142 valence electrons. The molecule has 2 heterocycles. The van der Waals surface area contributed by atoms with Crippen LogP contribution in [0.5, 0.6) is 5.75 Å². The van der Waals surface area contributed by atoms with Crippen molar-refractivity contribution in [3.8, 4) is 5.75 Å². The van der Waals surface area contributed by atoms with Crippen molar-refractivity contribution in [1.82, 2.24) is 10.2 Å². The number of ketones is 1. The third kappa shape index (κ3) is 3.04. The number of para-hydroxylation sites is 1. The zero-order valence-electron chi connectivity index (χ0n) is 15.7. The molecule has 1 atom stereocenters. The molecule has 6 heteroatoms. The molecule has 1 fully saturated rings. The number of piperazine rings is 1. The third-order valence-electron chi connectivity index (χ3n) is 5.50. The van der Waals surface area contributed by atoms with Gasteiger partial charge in [-0.2, -0.15) is 0 Å². The van der Waals surface area contributed by atoms with Crippen molar-refractivity contribution in [2.24, 2.45) is 0 Å². The van der Waals surface area contributed by atoms with Crippen LogP contribution in [0.2, 0.25) is 0 Å². The molecular weight excluding hydrogens is 344 g/mol. The zero-order chi connectivity index (χ0) is 19.0. The van der Waals surface area contributed by atoms with E-state index in [1.807, 2.05) is 36.1 Å². The molecule has 1 N–H and O–H groups in total. The lowest BCUT2D eigenvalue weighted by molar-refractivity contribution is 0.0595. The van der Waals surface area contributed by atoms with Crippen LogP contribution >= 0.6 is 0 Å². The van der Waals surface area contributed by atoms with Gasteiger partial charge in [-0.3, -0.25) is 9.59 Å². The Labute approximate surface area is 158 Å². The summed E-state index contributed by atoms with van der Waals surface area (Å²) in [5.74, 6) is 1.65. The monoisotopic (exact) mass is 368 g/mol. The third-order valence-corrected chi connectivity index (χ3v) is 5.50. The largest absolute Gasteiger partial charge is 0.496 e. The van der Waals surface area contributed by atoms with Gasteiger partial charge in [-0.1, -0.05) is 18.2 Å². The van der Waals surface area contributed by atoms with Gasteiger partial charge in [0.05, 0.1) is 18.7 Å². The van der Waals surface area contributed by atoms with Crippen LogP contribution in [0.1, 0.15) is 56.7 Å². The second kappa shape index (κ2) is 7.19. The van der Waals surface area contributed by atoms with Crippen molar-refractivity contribution < 1.29 is 18.7 Å². The van der Waals surface area contributed by atoms with Gasteiger partial charge in [0, 0.05) is 43.6 Å². The smallest absolute Gasteiger partial charge is 0.290 e. The quantitative estimate of drug-likeness (QED) is 0.902. The summed E-state index contributed by atoms with van der Waals surface area (Å²) in [5.41, 5.74) is 2.26. The fourth-order valence-corrected chi connectivity index (χ4v) is 4.15. The predicted molar refractivity (Wildman–Crippen MR) is 100 cm³/mol. The molecule has 1 aromatic heterocycles. The number of hydrogen-bond donors (Lipinski definition) is 1. The van der Waals surface area contributed by atoms with Crippen LogP contribution in [0.15, 0.2) is 28.7 Å². The SMILES string of the molecule is COc1ccccc1C1CNCCN1C(=O)c1oc2c(c1C)C(=O)CCC2. The van der Waals surface area contributed by atoms with Gasteiger partial charge in [0.25, 0.3) is 5.91 Å². The van der Waals surface area contributed by atoms with E-state index in [4.69, 9.17) is 9.15 Å². The fourth-order valence-electron chi connectivity index (χ4n) is 4.15. The van der Waals surface area contributed by atoms with Gasteiger partial charge in [0.15, 0.2) is 11.5 Å². The number of Topliss-reactive ketones (excluding diaryl/α,β-unsaturated/α-hetero) is 1. The molecule has 27 heavy (non-hydrogen) atoms. The zero-order valence-corrected chi connectivity index (χ0v) is 15.7. The maximum Gasteiger partial charge on any atom is 0.290 e. The van der Waals surface area contributed by atoms with E-state index >= 15 is 0 Å². The molecule has 1 amide bonds. The van der Waals surface area contributed by atoms with Gasteiger partial charge in [-0.25, -0.2) is 0 Å². The van der Waals surface area contributed by atoms with Crippen molar-refractivity contribution in [2.75, 3.05) is 26.7 Å². The minimum absolute atomic E-state index is 0.0816. The molecule has 0 spiro atoms. The van der Waals surface area contributed by atoms with Crippen molar-refractivity contribution in [3.63, 3.8) is 0 Å². The Morgan fingerprint density at radius 1 is 1.30 bits per heavy atom. The summed E-state index contributed by atoms with van der Waals surface area (Å²) < 4.78 is 11.4. The lowest BCUT2D eigenvalue weighted by Crippen LogP contribution is -2.48. The first-order valence-corrected chi connectivity index (χ1v) is 9.42. The Kier molecular flexibility index (Phi) is 4.74. The molecule has 1 aliphatic heterocycles. The minimum Gasteiger partial charge on any atom is -0.496 e. The molecular formula is C21H24N2O4. The van der Waals surface area contributed by atoms with Crippen LogP contribution in [0.3, 0.4) is 0 Å². The first-order chi connectivity index (χ1) is 13.1. The second-order valence-electron chi connectivity index (χ2n) is 7.09. The van der Waals surface area contributed by atoms with Crippen LogP contribution < -0.4 is 10.1 Å². The molecule has 6 nitrogen and oxygen atoms in total. The number of methoxy groups -OCH3 is 1. The Hall–Kier alpha value is -2.60. The Balaban J connectivity index is 1.71. The minimum atomic E-state index is -0.160. The molecule has 1 aliphatic carbocycles. The van der Waals surface area contributed by atoms with Crippen molar-refractivity contribution in [3.05, 3.63) is 52.5 Å². The highest BCUT2D eigenvalue weighted by atomic mass is 16.5. The van der Waals surface area contributed by atoms with E-state index in [-0.39, 0.29) is 17.7 Å².